The van der Waals surface area contributed by atoms with Gasteiger partial charge in [0, 0.05) is 0 Å². The quantitative estimate of drug-likeness (QED) is 0.844. The highest BCUT2D eigenvalue weighted by molar-refractivity contribution is 5.75. The summed E-state index contributed by atoms with van der Waals surface area (Å²) in [5.74, 6) is -0.822. The van der Waals surface area contributed by atoms with Gasteiger partial charge in [0.1, 0.15) is 5.82 Å². The van der Waals surface area contributed by atoms with Crippen LogP contribution in [0.1, 0.15) is 50.7 Å². The van der Waals surface area contributed by atoms with Crippen molar-refractivity contribution in [1.82, 2.24) is 0 Å². The molecule has 0 heterocycles. The zero-order valence-electron chi connectivity index (χ0n) is 12.1. The minimum absolute atomic E-state index is 0.0931. The Hall–Kier alpha value is -1.38. The molecule has 0 saturated heterocycles. The van der Waals surface area contributed by atoms with Crippen molar-refractivity contribution < 1.29 is 14.3 Å². The van der Waals surface area contributed by atoms with Gasteiger partial charge in [0.15, 0.2) is 0 Å². The van der Waals surface area contributed by atoms with Gasteiger partial charge in [0.05, 0.1) is 5.41 Å². The van der Waals surface area contributed by atoms with Crippen LogP contribution in [0.4, 0.5) is 4.39 Å². The first-order valence-corrected chi connectivity index (χ1v) is 7.40. The van der Waals surface area contributed by atoms with Crippen LogP contribution in [-0.4, -0.2) is 11.1 Å². The van der Waals surface area contributed by atoms with Gasteiger partial charge in [-0.1, -0.05) is 19.4 Å². The first-order chi connectivity index (χ1) is 9.38. The molecule has 108 valence electrons. The predicted molar refractivity (Wildman–Crippen MR) is 75.2 cm³/mol. The smallest absolute Gasteiger partial charge is 0.309 e. The summed E-state index contributed by atoms with van der Waals surface area (Å²) in [6.07, 6.45) is 4.33. The van der Waals surface area contributed by atoms with E-state index in [2.05, 4.69) is 6.92 Å². The molecule has 1 N–H and O–H groups in total. The molecule has 3 rings (SSSR count). The minimum atomic E-state index is -0.701. The first kappa shape index (κ1) is 13.6. The lowest BCUT2D eigenvalue weighted by molar-refractivity contribution is -0.157. The number of carboxylic acids is 1. The monoisotopic (exact) mass is 276 g/mol. The van der Waals surface area contributed by atoms with Crippen molar-refractivity contribution in [3.05, 3.63) is 35.1 Å². The number of hydrogen-bond donors (Lipinski definition) is 1. The van der Waals surface area contributed by atoms with Gasteiger partial charge in [0.2, 0.25) is 0 Å². The highest BCUT2D eigenvalue weighted by atomic mass is 19.1. The topological polar surface area (TPSA) is 37.3 Å². The number of halogens is 1. The van der Waals surface area contributed by atoms with Gasteiger partial charge in [-0.15, -0.1) is 0 Å². The molecule has 0 amide bonds. The SMILES string of the molecule is CC1(C(=O)O)CCCC2(C)c3cc(F)ccc3CCC12. The normalized spacial score (nSPS) is 36.0. The fourth-order valence-electron chi connectivity index (χ4n) is 4.69. The molecule has 3 unspecified atom stereocenters. The Labute approximate surface area is 119 Å². The zero-order chi connectivity index (χ0) is 14.5. The summed E-state index contributed by atoms with van der Waals surface area (Å²) in [5, 5.41) is 9.68. The Kier molecular flexibility index (Phi) is 2.93. The van der Waals surface area contributed by atoms with E-state index in [1.807, 2.05) is 13.0 Å². The van der Waals surface area contributed by atoms with E-state index in [0.29, 0.717) is 0 Å². The van der Waals surface area contributed by atoms with Gasteiger partial charge in [-0.25, -0.2) is 4.39 Å². The van der Waals surface area contributed by atoms with Crippen molar-refractivity contribution in [2.75, 3.05) is 0 Å². The molecule has 1 aromatic rings. The van der Waals surface area contributed by atoms with Gasteiger partial charge in [0.25, 0.3) is 0 Å². The molecule has 1 fully saturated rings. The number of benzene rings is 1. The Bertz CT molecular complexity index is 568. The first-order valence-electron chi connectivity index (χ1n) is 7.40. The average Bonchev–Trinajstić information content (AvgIpc) is 2.39. The van der Waals surface area contributed by atoms with E-state index in [1.54, 1.807) is 6.07 Å². The second kappa shape index (κ2) is 4.31. The maximum atomic E-state index is 13.7. The molecular weight excluding hydrogens is 255 g/mol. The number of carbonyl (C=O) groups is 1. The summed E-state index contributed by atoms with van der Waals surface area (Å²) >= 11 is 0. The van der Waals surface area contributed by atoms with E-state index >= 15 is 0 Å². The number of carboxylic acid groups (broad SMARTS) is 1. The number of aryl methyl sites for hydroxylation is 1. The molecule has 1 saturated carbocycles. The van der Waals surface area contributed by atoms with Crippen LogP contribution in [0.25, 0.3) is 0 Å². The molecule has 3 atom stereocenters. The van der Waals surface area contributed by atoms with Gasteiger partial charge < -0.3 is 5.11 Å². The van der Waals surface area contributed by atoms with Crippen molar-refractivity contribution in [2.24, 2.45) is 11.3 Å². The summed E-state index contributed by atoms with van der Waals surface area (Å²) in [6, 6.07) is 5.02. The van der Waals surface area contributed by atoms with Crippen LogP contribution >= 0.6 is 0 Å². The highest BCUT2D eigenvalue weighted by Gasteiger charge is 2.55. The second-order valence-corrected chi connectivity index (χ2v) is 6.89. The lowest BCUT2D eigenvalue weighted by Gasteiger charge is -2.53. The number of aliphatic carboxylic acids is 1. The largest absolute Gasteiger partial charge is 0.481 e. The summed E-state index contributed by atoms with van der Waals surface area (Å²) in [6.45, 7) is 4.01. The maximum absolute atomic E-state index is 13.7. The molecule has 2 aliphatic carbocycles. The highest BCUT2D eigenvalue weighted by Crippen LogP contribution is 2.57. The standard InChI is InChI=1S/C17H21FO2/c1-16-8-3-9-17(2,15(19)20)14(16)7-5-11-4-6-12(18)10-13(11)16/h4,6,10,14H,3,5,7-9H2,1-2H3,(H,19,20). The van der Waals surface area contributed by atoms with Crippen LogP contribution in [-0.2, 0) is 16.6 Å². The van der Waals surface area contributed by atoms with E-state index in [9.17, 15) is 14.3 Å². The van der Waals surface area contributed by atoms with E-state index in [-0.39, 0.29) is 17.2 Å². The molecule has 0 radical (unpaired) electrons. The van der Waals surface area contributed by atoms with Crippen molar-refractivity contribution in [3.63, 3.8) is 0 Å². The van der Waals surface area contributed by atoms with Crippen LogP contribution in [0, 0.1) is 17.2 Å². The van der Waals surface area contributed by atoms with E-state index in [4.69, 9.17) is 0 Å². The Morgan fingerprint density at radius 1 is 1.35 bits per heavy atom. The molecule has 3 heteroatoms. The van der Waals surface area contributed by atoms with Gasteiger partial charge in [-0.2, -0.15) is 0 Å². The molecule has 2 aliphatic rings. The van der Waals surface area contributed by atoms with Crippen LogP contribution in [0.5, 0.6) is 0 Å². The second-order valence-electron chi connectivity index (χ2n) is 6.89. The van der Waals surface area contributed by atoms with Gasteiger partial charge in [-0.3, -0.25) is 4.79 Å². The summed E-state index contributed by atoms with van der Waals surface area (Å²) < 4.78 is 13.7. The lowest BCUT2D eigenvalue weighted by atomic mass is 9.50. The van der Waals surface area contributed by atoms with E-state index in [0.717, 1.165) is 37.7 Å². The van der Waals surface area contributed by atoms with Crippen molar-refractivity contribution in [3.8, 4) is 0 Å². The zero-order valence-corrected chi connectivity index (χ0v) is 12.1. The van der Waals surface area contributed by atoms with Crippen LogP contribution in [0.15, 0.2) is 18.2 Å². The average molecular weight is 276 g/mol. The molecular formula is C17H21FO2. The minimum Gasteiger partial charge on any atom is -0.481 e. The molecule has 20 heavy (non-hydrogen) atoms. The van der Waals surface area contributed by atoms with Crippen molar-refractivity contribution in [1.29, 1.82) is 0 Å². The fraction of sp³-hybridized carbons (Fsp3) is 0.588. The molecule has 0 aliphatic heterocycles. The van der Waals surface area contributed by atoms with Crippen LogP contribution < -0.4 is 0 Å². The number of fused-ring (bicyclic) bond motifs is 3. The van der Waals surface area contributed by atoms with Gasteiger partial charge >= 0.3 is 5.97 Å². The fourth-order valence-corrected chi connectivity index (χ4v) is 4.69. The third-order valence-corrected chi connectivity index (χ3v) is 5.81. The molecule has 1 aromatic carbocycles. The van der Waals surface area contributed by atoms with Crippen molar-refractivity contribution >= 4 is 5.97 Å². The Balaban J connectivity index is 2.13. The van der Waals surface area contributed by atoms with Crippen LogP contribution in [0.2, 0.25) is 0 Å². The van der Waals surface area contributed by atoms with Crippen molar-refractivity contribution in [2.45, 2.75) is 51.4 Å². The molecule has 0 aromatic heterocycles. The molecule has 0 bridgehead atoms. The summed E-state index contributed by atoms with van der Waals surface area (Å²) in [4.78, 5) is 11.8. The lowest BCUT2D eigenvalue weighted by Crippen LogP contribution is -2.52. The Morgan fingerprint density at radius 2 is 2.10 bits per heavy atom. The molecule has 0 spiro atoms. The predicted octanol–water partition coefficient (Wildman–Crippen LogP) is 3.92. The third-order valence-electron chi connectivity index (χ3n) is 5.81. The Morgan fingerprint density at radius 3 is 2.80 bits per heavy atom. The number of hydrogen-bond acceptors (Lipinski definition) is 1. The van der Waals surface area contributed by atoms with Crippen LogP contribution in [0.3, 0.4) is 0 Å². The number of rotatable bonds is 1. The third kappa shape index (κ3) is 1.72. The summed E-state index contributed by atoms with van der Waals surface area (Å²) in [7, 11) is 0. The molecule has 2 nitrogen and oxygen atoms in total. The maximum Gasteiger partial charge on any atom is 0.309 e. The summed E-state index contributed by atoms with van der Waals surface area (Å²) in [5.41, 5.74) is 1.35. The van der Waals surface area contributed by atoms with E-state index in [1.165, 1.54) is 11.6 Å². The van der Waals surface area contributed by atoms with Gasteiger partial charge in [-0.05, 0) is 67.2 Å². The van der Waals surface area contributed by atoms with E-state index < -0.39 is 11.4 Å².